The van der Waals surface area contributed by atoms with E-state index < -0.39 is 6.10 Å². The van der Waals surface area contributed by atoms with E-state index in [4.69, 9.17) is 4.74 Å². The third-order valence-electron chi connectivity index (χ3n) is 4.32. The predicted molar refractivity (Wildman–Crippen MR) is 90.0 cm³/mol. The van der Waals surface area contributed by atoms with Gasteiger partial charge in [0.15, 0.2) is 0 Å². The van der Waals surface area contributed by atoms with Crippen molar-refractivity contribution in [3.63, 3.8) is 0 Å². The molecule has 1 aliphatic carbocycles. The molecule has 0 saturated heterocycles. The van der Waals surface area contributed by atoms with Crippen LogP contribution in [0.3, 0.4) is 0 Å². The summed E-state index contributed by atoms with van der Waals surface area (Å²) < 4.78 is 5.70. The third-order valence-corrected chi connectivity index (χ3v) is 4.32. The summed E-state index contributed by atoms with van der Waals surface area (Å²) in [6.07, 6.45) is 0.520. The van der Waals surface area contributed by atoms with Crippen molar-refractivity contribution in [3.05, 3.63) is 60.2 Å². The summed E-state index contributed by atoms with van der Waals surface area (Å²) in [6.45, 7) is -0.0565. The minimum absolute atomic E-state index is 0.0565. The van der Waals surface area contributed by atoms with Crippen LogP contribution in [0.25, 0.3) is 0 Å². The van der Waals surface area contributed by atoms with E-state index in [0.29, 0.717) is 24.2 Å². The Morgan fingerprint density at radius 2 is 1.71 bits per heavy atom. The fourth-order valence-corrected chi connectivity index (χ4v) is 2.98. The molecular weight excluding hydrogens is 306 g/mol. The molecule has 5 nitrogen and oxygen atoms in total. The summed E-state index contributed by atoms with van der Waals surface area (Å²) in [4.78, 5) is 12.3. The van der Waals surface area contributed by atoms with Gasteiger partial charge in [-0.2, -0.15) is 0 Å². The number of carbonyl (C=O) groups is 1. The van der Waals surface area contributed by atoms with Crippen molar-refractivity contribution in [2.45, 2.75) is 25.0 Å². The monoisotopic (exact) mass is 327 g/mol. The molecule has 1 saturated carbocycles. The molecule has 3 rings (SSSR count). The van der Waals surface area contributed by atoms with Gasteiger partial charge in [0.25, 0.3) is 5.91 Å². The van der Waals surface area contributed by atoms with Gasteiger partial charge in [-0.25, -0.2) is 0 Å². The second kappa shape index (κ2) is 7.47. The third kappa shape index (κ3) is 3.93. The molecular formula is C19H21NO4. The smallest absolute Gasteiger partial charge is 0.251 e. The normalized spacial score (nSPS) is 23.0. The number of aliphatic hydroxyl groups is 2. The summed E-state index contributed by atoms with van der Waals surface area (Å²) in [5, 5.41) is 21.9. The topological polar surface area (TPSA) is 78.8 Å². The van der Waals surface area contributed by atoms with Gasteiger partial charge in [0.1, 0.15) is 11.5 Å². The van der Waals surface area contributed by atoms with Gasteiger partial charge in [0.2, 0.25) is 0 Å². The lowest BCUT2D eigenvalue weighted by Crippen LogP contribution is -2.33. The lowest BCUT2D eigenvalue weighted by Gasteiger charge is -2.13. The van der Waals surface area contributed by atoms with Gasteiger partial charge in [0, 0.05) is 24.1 Å². The Bertz CT molecular complexity index is 672. The van der Waals surface area contributed by atoms with Crippen molar-refractivity contribution in [2.75, 3.05) is 6.61 Å². The lowest BCUT2D eigenvalue weighted by atomic mass is 10.1. The second-order valence-electron chi connectivity index (χ2n) is 6.09. The molecule has 0 aromatic heterocycles. The summed E-state index contributed by atoms with van der Waals surface area (Å²) in [7, 11) is 0. The van der Waals surface area contributed by atoms with Crippen LogP contribution in [0.2, 0.25) is 0 Å². The quantitative estimate of drug-likeness (QED) is 0.787. The number of amides is 1. The highest BCUT2D eigenvalue weighted by Crippen LogP contribution is 2.26. The Morgan fingerprint density at radius 3 is 2.33 bits per heavy atom. The molecule has 3 atom stereocenters. The van der Waals surface area contributed by atoms with Crippen LogP contribution in [-0.4, -0.2) is 34.9 Å². The van der Waals surface area contributed by atoms with Crippen LogP contribution in [0, 0.1) is 5.92 Å². The van der Waals surface area contributed by atoms with Gasteiger partial charge >= 0.3 is 0 Å². The Balaban J connectivity index is 1.58. The SMILES string of the molecule is O=C(N[C@@H]1C[C@H](CO)[C@H](O)C1)c1ccc(Oc2ccccc2)cc1. The van der Waals surface area contributed by atoms with E-state index in [1.807, 2.05) is 30.3 Å². The van der Waals surface area contributed by atoms with Crippen LogP contribution < -0.4 is 10.1 Å². The van der Waals surface area contributed by atoms with Crippen LogP contribution in [0.15, 0.2) is 54.6 Å². The van der Waals surface area contributed by atoms with E-state index in [1.54, 1.807) is 24.3 Å². The second-order valence-corrected chi connectivity index (χ2v) is 6.09. The zero-order valence-corrected chi connectivity index (χ0v) is 13.3. The lowest BCUT2D eigenvalue weighted by molar-refractivity contribution is 0.0903. The number of nitrogens with one attached hydrogen (secondary N) is 1. The molecule has 3 N–H and O–H groups in total. The first-order valence-corrected chi connectivity index (χ1v) is 8.08. The summed E-state index contributed by atoms with van der Waals surface area (Å²) in [6, 6.07) is 16.3. The van der Waals surface area contributed by atoms with Crippen molar-refractivity contribution in [1.82, 2.24) is 5.32 Å². The van der Waals surface area contributed by atoms with E-state index >= 15 is 0 Å². The van der Waals surface area contributed by atoms with Crippen LogP contribution in [0.1, 0.15) is 23.2 Å². The highest BCUT2D eigenvalue weighted by atomic mass is 16.5. The van der Waals surface area contributed by atoms with Crippen LogP contribution in [0.4, 0.5) is 0 Å². The first kappa shape index (κ1) is 16.5. The van der Waals surface area contributed by atoms with Gasteiger partial charge < -0.3 is 20.3 Å². The van der Waals surface area contributed by atoms with Crippen LogP contribution in [-0.2, 0) is 0 Å². The molecule has 1 amide bonds. The van der Waals surface area contributed by atoms with Gasteiger partial charge in [-0.1, -0.05) is 18.2 Å². The maximum Gasteiger partial charge on any atom is 0.251 e. The van der Waals surface area contributed by atoms with Crippen molar-refractivity contribution in [3.8, 4) is 11.5 Å². The van der Waals surface area contributed by atoms with E-state index in [9.17, 15) is 15.0 Å². The molecule has 2 aromatic carbocycles. The summed E-state index contributed by atoms with van der Waals surface area (Å²) in [5.74, 6) is 1.06. The summed E-state index contributed by atoms with van der Waals surface area (Å²) >= 11 is 0. The largest absolute Gasteiger partial charge is 0.457 e. The number of carbonyl (C=O) groups excluding carboxylic acids is 1. The zero-order valence-electron chi connectivity index (χ0n) is 13.3. The molecule has 5 heteroatoms. The molecule has 24 heavy (non-hydrogen) atoms. The average Bonchev–Trinajstić information content (AvgIpc) is 2.96. The number of ether oxygens (including phenoxy) is 1. The number of hydrogen-bond donors (Lipinski definition) is 3. The van der Waals surface area contributed by atoms with Crippen LogP contribution in [0.5, 0.6) is 11.5 Å². The number of benzene rings is 2. The van der Waals surface area contributed by atoms with Crippen molar-refractivity contribution >= 4 is 5.91 Å². The van der Waals surface area contributed by atoms with Crippen molar-refractivity contribution in [2.24, 2.45) is 5.92 Å². The first-order valence-electron chi connectivity index (χ1n) is 8.08. The minimum atomic E-state index is -0.554. The van der Waals surface area contributed by atoms with Crippen molar-refractivity contribution in [1.29, 1.82) is 0 Å². The fourth-order valence-electron chi connectivity index (χ4n) is 2.98. The number of hydrogen-bond acceptors (Lipinski definition) is 4. The average molecular weight is 327 g/mol. The van der Waals surface area contributed by atoms with Gasteiger partial charge in [-0.3, -0.25) is 4.79 Å². The van der Waals surface area contributed by atoms with Crippen molar-refractivity contribution < 1.29 is 19.7 Å². The zero-order chi connectivity index (χ0) is 16.9. The molecule has 0 radical (unpaired) electrons. The van der Waals surface area contributed by atoms with E-state index in [0.717, 1.165) is 5.75 Å². The Hall–Kier alpha value is -2.37. The molecule has 2 aromatic rings. The maximum absolute atomic E-state index is 12.3. The van der Waals surface area contributed by atoms with Gasteiger partial charge in [-0.05, 0) is 49.2 Å². The molecule has 0 aliphatic heterocycles. The first-order chi connectivity index (χ1) is 11.7. The van der Waals surface area contributed by atoms with Crippen LogP contribution >= 0.6 is 0 Å². The molecule has 1 fully saturated rings. The van der Waals surface area contributed by atoms with E-state index in [2.05, 4.69) is 5.32 Å². The van der Waals surface area contributed by atoms with E-state index in [-0.39, 0.29) is 24.5 Å². The van der Waals surface area contributed by atoms with E-state index in [1.165, 1.54) is 0 Å². The Labute approximate surface area is 140 Å². The van der Waals surface area contributed by atoms with Gasteiger partial charge in [0.05, 0.1) is 6.10 Å². The number of para-hydroxylation sites is 1. The molecule has 0 spiro atoms. The predicted octanol–water partition coefficient (Wildman–Crippen LogP) is 2.34. The Kier molecular flexibility index (Phi) is 5.13. The highest BCUT2D eigenvalue weighted by Gasteiger charge is 2.33. The number of aliphatic hydroxyl groups excluding tert-OH is 2. The minimum Gasteiger partial charge on any atom is -0.457 e. The molecule has 0 bridgehead atoms. The Morgan fingerprint density at radius 1 is 1.04 bits per heavy atom. The standard InChI is InChI=1S/C19H21NO4/c21-12-14-10-15(11-18(14)22)20-19(23)13-6-8-17(9-7-13)24-16-4-2-1-3-5-16/h1-9,14-15,18,21-22H,10-12H2,(H,20,23)/t14-,15-,18-/m1/s1. The fraction of sp³-hybridized carbons (Fsp3) is 0.316. The molecule has 1 aliphatic rings. The highest BCUT2D eigenvalue weighted by molar-refractivity contribution is 5.94. The molecule has 126 valence electrons. The molecule has 0 heterocycles. The summed E-state index contributed by atoms with van der Waals surface area (Å²) in [5.41, 5.74) is 0.539. The molecule has 0 unspecified atom stereocenters. The maximum atomic E-state index is 12.3. The number of rotatable bonds is 5. The van der Waals surface area contributed by atoms with Gasteiger partial charge in [-0.15, -0.1) is 0 Å².